The topological polar surface area (TPSA) is 63.3 Å². The summed E-state index contributed by atoms with van der Waals surface area (Å²) in [6, 6.07) is 9.47. The van der Waals surface area contributed by atoms with Crippen LogP contribution in [0.1, 0.15) is 32.3 Å². The zero-order valence-electron chi connectivity index (χ0n) is 9.81. The molecule has 0 aliphatic heterocycles. The maximum atomic E-state index is 10.9. The summed E-state index contributed by atoms with van der Waals surface area (Å²) in [7, 11) is 0. The van der Waals surface area contributed by atoms with Crippen LogP contribution in [0.5, 0.6) is 0 Å². The number of carboxylic acid groups (broad SMARTS) is 1. The van der Waals surface area contributed by atoms with Crippen molar-refractivity contribution < 1.29 is 9.90 Å². The summed E-state index contributed by atoms with van der Waals surface area (Å²) in [6.07, 6.45) is 0.637. The van der Waals surface area contributed by atoms with Crippen LogP contribution in [0.3, 0.4) is 0 Å². The van der Waals surface area contributed by atoms with Gasteiger partial charge in [-0.3, -0.25) is 4.79 Å². The molecule has 3 nitrogen and oxygen atoms in total. The van der Waals surface area contributed by atoms with E-state index < -0.39 is 11.5 Å². The van der Waals surface area contributed by atoms with Gasteiger partial charge in [-0.2, -0.15) is 0 Å². The van der Waals surface area contributed by atoms with Crippen molar-refractivity contribution in [2.45, 2.75) is 32.2 Å². The van der Waals surface area contributed by atoms with E-state index in [0.29, 0.717) is 12.3 Å². The Labute approximate surface area is 96.3 Å². The van der Waals surface area contributed by atoms with Crippen LogP contribution in [0.15, 0.2) is 30.3 Å². The van der Waals surface area contributed by atoms with Crippen LogP contribution in [0, 0.1) is 5.92 Å². The number of benzene rings is 1. The third kappa shape index (κ3) is 3.35. The quantitative estimate of drug-likeness (QED) is 0.802. The largest absolute Gasteiger partial charge is 0.481 e. The molecule has 16 heavy (non-hydrogen) atoms. The van der Waals surface area contributed by atoms with Crippen molar-refractivity contribution in [3.8, 4) is 0 Å². The van der Waals surface area contributed by atoms with Gasteiger partial charge in [0.2, 0.25) is 0 Å². The molecule has 1 aromatic rings. The third-order valence-electron chi connectivity index (χ3n) is 2.59. The van der Waals surface area contributed by atoms with Crippen molar-refractivity contribution >= 4 is 5.97 Å². The minimum atomic E-state index is -0.855. The summed E-state index contributed by atoms with van der Waals surface area (Å²) in [6.45, 7) is 4.10. The van der Waals surface area contributed by atoms with E-state index in [0.717, 1.165) is 5.56 Å². The van der Waals surface area contributed by atoms with Gasteiger partial charge in [0.05, 0.1) is 12.0 Å². The van der Waals surface area contributed by atoms with Crippen LogP contribution >= 0.6 is 0 Å². The Bertz CT molecular complexity index is 348. The number of carbonyl (C=O) groups is 1. The van der Waals surface area contributed by atoms with Crippen LogP contribution < -0.4 is 5.73 Å². The molecule has 1 unspecified atom stereocenters. The number of aliphatic carboxylic acids is 1. The molecule has 1 rings (SSSR count). The van der Waals surface area contributed by atoms with E-state index in [1.54, 1.807) is 0 Å². The summed E-state index contributed by atoms with van der Waals surface area (Å²) in [4.78, 5) is 10.9. The second kappa shape index (κ2) is 5.12. The van der Waals surface area contributed by atoms with Crippen molar-refractivity contribution in [2.24, 2.45) is 11.7 Å². The molecule has 3 N–H and O–H groups in total. The maximum absolute atomic E-state index is 10.9. The number of hydrogen-bond acceptors (Lipinski definition) is 2. The number of rotatable bonds is 5. The van der Waals surface area contributed by atoms with Crippen molar-refractivity contribution in [1.29, 1.82) is 0 Å². The van der Waals surface area contributed by atoms with Gasteiger partial charge in [-0.1, -0.05) is 44.2 Å². The second-order valence-corrected chi connectivity index (χ2v) is 4.69. The van der Waals surface area contributed by atoms with E-state index in [2.05, 4.69) is 0 Å². The Balaban J connectivity index is 2.99. The lowest BCUT2D eigenvalue weighted by molar-refractivity contribution is -0.138. The predicted octanol–water partition coefficient (Wildman–Crippen LogP) is 2.36. The third-order valence-corrected chi connectivity index (χ3v) is 2.59. The van der Waals surface area contributed by atoms with Gasteiger partial charge in [-0.25, -0.2) is 0 Å². The van der Waals surface area contributed by atoms with E-state index in [-0.39, 0.29) is 6.42 Å². The van der Waals surface area contributed by atoms with Crippen LogP contribution in [-0.2, 0) is 10.3 Å². The molecular formula is C13H19NO2. The highest BCUT2D eigenvalue weighted by Gasteiger charge is 2.30. The van der Waals surface area contributed by atoms with Crippen LogP contribution in [0.25, 0.3) is 0 Å². The number of nitrogens with two attached hydrogens (primary N) is 1. The smallest absolute Gasteiger partial charge is 0.305 e. The lowest BCUT2D eigenvalue weighted by Gasteiger charge is -2.30. The van der Waals surface area contributed by atoms with Gasteiger partial charge < -0.3 is 10.8 Å². The molecule has 88 valence electrons. The van der Waals surface area contributed by atoms with E-state index in [4.69, 9.17) is 10.8 Å². The second-order valence-electron chi connectivity index (χ2n) is 4.69. The van der Waals surface area contributed by atoms with Gasteiger partial charge in [-0.15, -0.1) is 0 Å². The SMILES string of the molecule is CC(C)CC(N)(CC(=O)O)c1ccccc1. The van der Waals surface area contributed by atoms with Gasteiger partial charge in [0, 0.05) is 0 Å². The van der Waals surface area contributed by atoms with Gasteiger partial charge in [0.25, 0.3) is 0 Å². The molecule has 0 bridgehead atoms. The fourth-order valence-corrected chi connectivity index (χ4v) is 2.06. The highest BCUT2D eigenvalue weighted by molar-refractivity contribution is 5.68. The summed E-state index contributed by atoms with van der Waals surface area (Å²) in [5, 5.41) is 8.94. The highest BCUT2D eigenvalue weighted by atomic mass is 16.4. The Kier molecular flexibility index (Phi) is 4.07. The van der Waals surface area contributed by atoms with Gasteiger partial charge >= 0.3 is 5.97 Å². The first kappa shape index (κ1) is 12.7. The average Bonchev–Trinajstić information content (AvgIpc) is 2.16. The standard InChI is InChI=1S/C13H19NO2/c1-10(2)8-13(14,9-12(15)16)11-6-4-3-5-7-11/h3-7,10H,8-9,14H2,1-2H3,(H,15,16). The molecule has 0 saturated carbocycles. The van der Waals surface area contributed by atoms with Crippen molar-refractivity contribution in [3.63, 3.8) is 0 Å². The fraction of sp³-hybridized carbons (Fsp3) is 0.462. The lowest BCUT2D eigenvalue weighted by atomic mass is 9.81. The monoisotopic (exact) mass is 221 g/mol. The molecule has 0 amide bonds. The van der Waals surface area contributed by atoms with Crippen molar-refractivity contribution in [3.05, 3.63) is 35.9 Å². The molecule has 0 fully saturated rings. The van der Waals surface area contributed by atoms with Crippen LogP contribution in [0.2, 0.25) is 0 Å². The minimum absolute atomic E-state index is 0.0325. The summed E-state index contributed by atoms with van der Waals surface area (Å²) < 4.78 is 0. The molecule has 0 heterocycles. The summed E-state index contributed by atoms with van der Waals surface area (Å²) in [5.74, 6) is -0.489. The normalized spacial score (nSPS) is 14.8. The summed E-state index contributed by atoms with van der Waals surface area (Å²) >= 11 is 0. The van der Waals surface area contributed by atoms with Crippen LogP contribution in [-0.4, -0.2) is 11.1 Å². The fourth-order valence-electron chi connectivity index (χ4n) is 2.06. The van der Waals surface area contributed by atoms with E-state index >= 15 is 0 Å². The van der Waals surface area contributed by atoms with E-state index in [9.17, 15) is 4.79 Å². The zero-order chi connectivity index (χ0) is 12.2. The first-order valence-corrected chi connectivity index (χ1v) is 5.50. The zero-order valence-corrected chi connectivity index (χ0v) is 9.81. The molecule has 1 aromatic carbocycles. The van der Waals surface area contributed by atoms with E-state index in [1.165, 1.54) is 0 Å². The first-order valence-electron chi connectivity index (χ1n) is 5.50. The molecular weight excluding hydrogens is 202 g/mol. The highest BCUT2D eigenvalue weighted by Crippen LogP contribution is 2.29. The molecule has 0 saturated heterocycles. The number of hydrogen-bond donors (Lipinski definition) is 2. The molecule has 0 aromatic heterocycles. The predicted molar refractivity (Wildman–Crippen MR) is 64.0 cm³/mol. The van der Waals surface area contributed by atoms with Crippen LogP contribution in [0.4, 0.5) is 0 Å². The molecule has 1 atom stereocenters. The Hall–Kier alpha value is -1.35. The molecule has 0 radical (unpaired) electrons. The minimum Gasteiger partial charge on any atom is -0.481 e. The van der Waals surface area contributed by atoms with Gasteiger partial charge in [0.1, 0.15) is 0 Å². The molecule has 3 heteroatoms. The average molecular weight is 221 g/mol. The molecule has 0 aliphatic rings. The number of carboxylic acids is 1. The summed E-state index contributed by atoms with van der Waals surface area (Å²) in [5.41, 5.74) is 6.37. The van der Waals surface area contributed by atoms with Crippen molar-refractivity contribution in [2.75, 3.05) is 0 Å². The Morgan fingerprint density at radius 1 is 1.38 bits per heavy atom. The van der Waals surface area contributed by atoms with E-state index in [1.807, 2.05) is 44.2 Å². The first-order chi connectivity index (χ1) is 7.44. The van der Waals surface area contributed by atoms with Gasteiger partial charge in [-0.05, 0) is 17.9 Å². The Morgan fingerprint density at radius 2 is 1.94 bits per heavy atom. The lowest BCUT2D eigenvalue weighted by Crippen LogP contribution is -2.40. The molecule has 0 aliphatic carbocycles. The molecule has 0 spiro atoms. The Morgan fingerprint density at radius 3 is 2.38 bits per heavy atom. The maximum Gasteiger partial charge on any atom is 0.305 e. The van der Waals surface area contributed by atoms with Crippen molar-refractivity contribution in [1.82, 2.24) is 0 Å². The van der Waals surface area contributed by atoms with Gasteiger partial charge in [0.15, 0.2) is 0 Å².